The van der Waals surface area contributed by atoms with Gasteiger partial charge in [-0.25, -0.2) is 4.79 Å². The molecule has 21 heavy (non-hydrogen) atoms. The van der Waals surface area contributed by atoms with Crippen LogP contribution in [0, 0.1) is 5.41 Å². The van der Waals surface area contributed by atoms with Crippen molar-refractivity contribution in [1.29, 1.82) is 0 Å². The van der Waals surface area contributed by atoms with Crippen molar-refractivity contribution in [2.45, 2.75) is 25.8 Å². The Kier molecular flexibility index (Phi) is 3.59. The van der Waals surface area contributed by atoms with Crippen LogP contribution in [-0.2, 0) is 19.9 Å². The van der Waals surface area contributed by atoms with Crippen molar-refractivity contribution in [3.8, 4) is 0 Å². The number of imide groups is 1. The molecule has 3 N–H and O–H groups in total. The first-order valence-corrected chi connectivity index (χ1v) is 6.61. The maximum absolute atomic E-state index is 12.2. The third-order valence-corrected chi connectivity index (χ3v) is 3.80. The van der Waals surface area contributed by atoms with Crippen LogP contribution in [0.2, 0.25) is 0 Å². The van der Waals surface area contributed by atoms with Gasteiger partial charge in [0.25, 0.3) is 0 Å². The summed E-state index contributed by atoms with van der Waals surface area (Å²) in [5, 5.41) is 9.47. The normalized spacial score (nSPS) is 20.4. The number of carboxylic acid groups (broad SMARTS) is 1. The highest BCUT2D eigenvalue weighted by molar-refractivity contribution is 6.06. The van der Waals surface area contributed by atoms with Crippen LogP contribution < -0.4 is 5.73 Å². The molecule has 0 aromatic heterocycles. The number of hydrogen-bond donors (Lipinski definition) is 2. The Labute approximate surface area is 122 Å². The van der Waals surface area contributed by atoms with E-state index in [4.69, 9.17) is 5.73 Å². The molecule has 0 bridgehead atoms. The minimum atomic E-state index is -1.81. The monoisotopic (exact) mass is 290 g/mol. The molecule has 0 aliphatic carbocycles. The third-order valence-electron chi connectivity index (χ3n) is 3.80. The summed E-state index contributed by atoms with van der Waals surface area (Å²) < 4.78 is 0. The quantitative estimate of drug-likeness (QED) is 0.795. The molecule has 1 unspecified atom stereocenters. The van der Waals surface area contributed by atoms with E-state index in [2.05, 4.69) is 0 Å². The number of benzene rings is 1. The summed E-state index contributed by atoms with van der Waals surface area (Å²) in [6, 6.07) is 8.21. The van der Waals surface area contributed by atoms with Gasteiger partial charge in [0.15, 0.2) is 5.54 Å². The van der Waals surface area contributed by atoms with Crippen LogP contribution in [0.25, 0.3) is 0 Å². The first kappa shape index (κ1) is 15.2. The molecule has 0 radical (unpaired) electrons. The van der Waals surface area contributed by atoms with E-state index < -0.39 is 22.8 Å². The zero-order valence-corrected chi connectivity index (χ0v) is 12.0. The molecule has 6 heteroatoms. The highest BCUT2D eigenvalue weighted by Gasteiger charge is 2.49. The van der Waals surface area contributed by atoms with E-state index in [0.29, 0.717) is 5.56 Å². The highest BCUT2D eigenvalue weighted by Crippen LogP contribution is 2.33. The van der Waals surface area contributed by atoms with Crippen molar-refractivity contribution in [2.24, 2.45) is 11.1 Å². The highest BCUT2D eigenvalue weighted by atomic mass is 16.4. The molecular formula is C15H18N2O4. The average Bonchev–Trinajstić information content (AvgIpc) is 2.61. The molecule has 2 amide bonds. The summed E-state index contributed by atoms with van der Waals surface area (Å²) in [5.41, 5.74) is 3.73. The lowest BCUT2D eigenvalue weighted by Gasteiger charge is -2.30. The topological polar surface area (TPSA) is 101 Å². The predicted molar refractivity (Wildman–Crippen MR) is 75.1 cm³/mol. The van der Waals surface area contributed by atoms with Crippen LogP contribution in [0.5, 0.6) is 0 Å². The number of rotatable bonds is 4. The summed E-state index contributed by atoms with van der Waals surface area (Å²) >= 11 is 0. The van der Waals surface area contributed by atoms with Gasteiger partial charge in [-0.3, -0.25) is 14.5 Å². The number of carbonyl (C=O) groups is 3. The Morgan fingerprint density at radius 3 is 2.33 bits per heavy atom. The fraction of sp³-hybridized carbons (Fsp3) is 0.400. The van der Waals surface area contributed by atoms with E-state index in [9.17, 15) is 19.5 Å². The number of nitrogens with two attached hydrogens (primary N) is 1. The zero-order valence-electron chi connectivity index (χ0n) is 12.0. The number of carboxylic acids is 1. The van der Waals surface area contributed by atoms with E-state index in [0.717, 1.165) is 4.90 Å². The Morgan fingerprint density at radius 1 is 1.33 bits per heavy atom. The number of hydrogen-bond acceptors (Lipinski definition) is 4. The van der Waals surface area contributed by atoms with Crippen LogP contribution in [0.3, 0.4) is 0 Å². The van der Waals surface area contributed by atoms with E-state index >= 15 is 0 Å². The minimum absolute atomic E-state index is 0.0658. The van der Waals surface area contributed by atoms with Crippen LogP contribution in [0.4, 0.5) is 0 Å². The number of aliphatic carboxylic acids is 1. The van der Waals surface area contributed by atoms with E-state index in [1.165, 1.54) is 0 Å². The van der Waals surface area contributed by atoms with Gasteiger partial charge in [-0.15, -0.1) is 0 Å². The molecule has 0 spiro atoms. The van der Waals surface area contributed by atoms with Gasteiger partial charge in [0, 0.05) is 6.42 Å². The van der Waals surface area contributed by atoms with E-state index in [-0.39, 0.29) is 18.9 Å². The van der Waals surface area contributed by atoms with Crippen LogP contribution in [0.15, 0.2) is 30.3 Å². The zero-order chi connectivity index (χ0) is 15.8. The Bertz CT molecular complexity index is 597. The second-order valence-corrected chi connectivity index (χ2v) is 5.99. The summed E-state index contributed by atoms with van der Waals surface area (Å²) in [6.07, 6.45) is 0.0658. The fourth-order valence-electron chi connectivity index (χ4n) is 2.46. The molecule has 1 saturated heterocycles. The van der Waals surface area contributed by atoms with Crippen molar-refractivity contribution in [3.63, 3.8) is 0 Å². The molecular weight excluding hydrogens is 272 g/mol. The number of carbonyl (C=O) groups excluding carboxylic acids is 2. The number of likely N-dealkylation sites (tertiary alicyclic amines) is 1. The summed E-state index contributed by atoms with van der Waals surface area (Å²) in [5.74, 6) is -2.06. The summed E-state index contributed by atoms with van der Waals surface area (Å²) in [4.78, 5) is 36.8. The molecule has 1 heterocycles. The molecule has 2 rings (SSSR count). The third kappa shape index (κ3) is 2.54. The maximum atomic E-state index is 12.2. The van der Waals surface area contributed by atoms with Gasteiger partial charge in [-0.1, -0.05) is 44.2 Å². The van der Waals surface area contributed by atoms with Gasteiger partial charge in [0.05, 0.1) is 12.0 Å². The maximum Gasteiger partial charge on any atom is 0.330 e. The molecule has 1 fully saturated rings. The van der Waals surface area contributed by atoms with E-state index in [1.54, 1.807) is 44.2 Å². The predicted octanol–water partition coefficient (Wildman–Crippen LogP) is 0.710. The van der Waals surface area contributed by atoms with Crippen molar-refractivity contribution in [3.05, 3.63) is 35.9 Å². The van der Waals surface area contributed by atoms with Crippen molar-refractivity contribution in [2.75, 3.05) is 6.54 Å². The van der Waals surface area contributed by atoms with Gasteiger partial charge in [-0.05, 0) is 5.56 Å². The van der Waals surface area contributed by atoms with Crippen LogP contribution in [0.1, 0.15) is 25.8 Å². The van der Waals surface area contributed by atoms with Gasteiger partial charge in [-0.2, -0.15) is 0 Å². The molecule has 1 atom stereocenters. The Hall–Kier alpha value is -2.21. The van der Waals surface area contributed by atoms with Gasteiger partial charge in [0.2, 0.25) is 11.8 Å². The van der Waals surface area contributed by atoms with E-state index in [1.807, 2.05) is 0 Å². The van der Waals surface area contributed by atoms with Crippen molar-refractivity contribution >= 4 is 17.8 Å². The van der Waals surface area contributed by atoms with Gasteiger partial charge in [0.1, 0.15) is 0 Å². The lowest BCUT2D eigenvalue weighted by molar-refractivity contribution is -0.148. The van der Waals surface area contributed by atoms with Crippen molar-refractivity contribution < 1.29 is 19.5 Å². The minimum Gasteiger partial charge on any atom is -0.480 e. The average molecular weight is 290 g/mol. The van der Waals surface area contributed by atoms with Gasteiger partial charge >= 0.3 is 5.97 Å². The molecule has 1 aromatic rings. The van der Waals surface area contributed by atoms with Crippen molar-refractivity contribution in [1.82, 2.24) is 4.90 Å². The number of amides is 2. The number of nitrogens with zero attached hydrogens (tertiary/aromatic N) is 1. The summed E-state index contributed by atoms with van der Waals surface area (Å²) in [7, 11) is 0. The molecule has 6 nitrogen and oxygen atoms in total. The lowest BCUT2D eigenvalue weighted by atomic mass is 9.89. The molecule has 1 aromatic carbocycles. The first-order chi connectivity index (χ1) is 9.68. The first-order valence-electron chi connectivity index (χ1n) is 6.61. The summed E-state index contributed by atoms with van der Waals surface area (Å²) in [6.45, 7) is 2.96. The molecule has 1 aliphatic rings. The van der Waals surface area contributed by atoms with Crippen LogP contribution >= 0.6 is 0 Å². The fourth-order valence-corrected chi connectivity index (χ4v) is 2.46. The smallest absolute Gasteiger partial charge is 0.330 e. The van der Waals surface area contributed by atoms with Gasteiger partial charge < -0.3 is 10.8 Å². The molecule has 0 saturated carbocycles. The Balaban J connectivity index is 2.37. The van der Waals surface area contributed by atoms with Crippen LogP contribution in [-0.4, -0.2) is 34.3 Å². The SMILES string of the molecule is CC1(C)CC(=O)N(CC(N)(C(=O)O)c2ccccc2)C1=O. The second kappa shape index (κ2) is 4.96. The Morgan fingerprint density at radius 2 is 1.90 bits per heavy atom. The lowest BCUT2D eigenvalue weighted by Crippen LogP contribution is -2.55. The molecule has 112 valence electrons. The molecule has 1 aliphatic heterocycles. The second-order valence-electron chi connectivity index (χ2n) is 5.99. The standard InChI is InChI=1S/C15H18N2O4/c1-14(2)8-11(18)17(12(14)19)9-15(16,13(20)21)10-6-4-3-5-7-10/h3-7H,8-9,16H2,1-2H3,(H,20,21). The largest absolute Gasteiger partial charge is 0.480 e.